The van der Waals surface area contributed by atoms with Crippen molar-refractivity contribution in [2.45, 2.75) is 6.23 Å². The minimum Gasteiger partial charge on any atom is -0.356 e. The largest absolute Gasteiger partial charge is 0.356 e. The number of halogens is 1. The summed E-state index contributed by atoms with van der Waals surface area (Å²) >= 11 is 5.92. The standard InChI is InChI=1S/C16H14ClN3O2/c1-22-15-14(11-7-9-12(17)10-8-11)19-20(16(21)18-15)13-5-3-2-4-6-13/h2-10,15H,1H3,(H,18,21). The van der Waals surface area contributed by atoms with Gasteiger partial charge in [0.15, 0.2) is 6.23 Å². The average Bonchev–Trinajstić information content (AvgIpc) is 2.56. The Morgan fingerprint density at radius 1 is 1.14 bits per heavy atom. The summed E-state index contributed by atoms with van der Waals surface area (Å²) in [7, 11) is 1.52. The molecule has 0 saturated heterocycles. The number of rotatable bonds is 3. The van der Waals surface area contributed by atoms with Crippen LogP contribution in [0, 0.1) is 0 Å². The first-order valence-electron chi connectivity index (χ1n) is 6.72. The first kappa shape index (κ1) is 14.6. The maximum Gasteiger partial charge on any atom is 0.344 e. The molecule has 0 fully saturated rings. The molecule has 0 saturated carbocycles. The van der Waals surface area contributed by atoms with E-state index in [1.165, 1.54) is 12.1 Å². The zero-order valence-electron chi connectivity index (χ0n) is 11.9. The fourth-order valence-electron chi connectivity index (χ4n) is 2.19. The van der Waals surface area contributed by atoms with E-state index in [1.807, 2.05) is 42.5 Å². The van der Waals surface area contributed by atoms with Crippen molar-refractivity contribution in [1.82, 2.24) is 5.32 Å². The number of para-hydroxylation sites is 1. The van der Waals surface area contributed by atoms with E-state index in [1.54, 1.807) is 12.1 Å². The monoisotopic (exact) mass is 315 g/mol. The van der Waals surface area contributed by atoms with Gasteiger partial charge in [0.25, 0.3) is 0 Å². The van der Waals surface area contributed by atoms with Crippen LogP contribution < -0.4 is 10.3 Å². The second kappa shape index (κ2) is 6.17. The molecule has 112 valence electrons. The van der Waals surface area contributed by atoms with Gasteiger partial charge in [0.1, 0.15) is 5.71 Å². The van der Waals surface area contributed by atoms with Gasteiger partial charge >= 0.3 is 6.03 Å². The maximum absolute atomic E-state index is 12.2. The molecule has 0 bridgehead atoms. The number of nitrogens with one attached hydrogen (secondary N) is 1. The fourth-order valence-corrected chi connectivity index (χ4v) is 2.32. The molecule has 1 aliphatic rings. The lowest BCUT2D eigenvalue weighted by Crippen LogP contribution is -2.53. The molecule has 1 unspecified atom stereocenters. The Labute approximate surface area is 133 Å². The van der Waals surface area contributed by atoms with Crippen molar-refractivity contribution in [2.75, 3.05) is 12.1 Å². The molecule has 2 aromatic carbocycles. The van der Waals surface area contributed by atoms with Crippen molar-refractivity contribution in [2.24, 2.45) is 5.10 Å². The van der Waals surface area contributed by atoms with Crippen molar-refractivity contribution in [1.29, 1.82) is 0 Å². The van der Waals surface area contributed by atoms with E-state index < -0.39 is 6.23 Å². The number of urea groups is 1. The van der Waals surface area contributed by atoms with Crippen molar-refractivity contribution in [3.8, 4) is 0 Å². The number of benzene rings is 2. The molecule has 2 aromatic rings. The Morgan fingerprint density at radius 3 is 2.45 bits per heavy atom. The number of anilines is 1. The van der Waals surface area contributed by atoms with Crippen molar-refractivity contribution >= 4 is 29.0 Å². The lowest BCUT2D eigenvalue weighted by Gasteiger charge is -2.29. The van der Waals surface area contributed by atoms with Crippen LogP contribution in [0.1, 0.15) is 5.56 Å². The minimum atomic E-state index is -0.603. The molecule has 22 heavy (non-hydrogen) atoms. The van der Waals surface area contributed by atoms with Crippen molar-refractivity contribution in [3.05, 3.63) is 65.2 Å². The topological polar surface area (TPSA) is 53.9 Å². The molecule has 0 aliphatic carbocycles. The van der Waals surface area contributed by atoms with E-state index in [2.05, 4.69) is 10.4 Å². The maximum atomic E-state index is 12.2. The molecular weight excluding hydrogens is 302 g/mol. The first-order valence-corrected chi connectivity index (χ1v) is 7.10. The summed E-state index contributed by atoms with van der Waals surface area (Å²) in [5.74, 6) is 0. The zero-order valence-corrected chi connectivity index (χ0v) is 12.6. The van der Waals surface area contributed by atoms with Crippen LogP contribution in [0.2, 0.25) is 5.02 Å². The van der Waals surface area contributed by atoms with Crippen molar-refractivity contribution in [3.63, 3.8) is 0 Å². The number of hydrazone groups is 1. The van der Waals surface area contributed by atoms with Crippen LogP contribution in [0.4, 0.5) is 10.5 Å². The average molecular weight is 316 g/mol. The Balaban J connectivity index is 2.04. The molecule has 0 aromatic heterocycles. The number of hydrogen-bond acceptors (Lipinski definition) is 3. The van der Waals surface area contributed by atoms with Gasteiger partial charge in [0.2, 0.25) is 0 Å². The van der Waals surface area contributed by atoms with Crippen LogP contribution >= 0.6 is 11.6 Å². The third-order valence-corrected chi connectivity index (χ3v) is 3.53. The molecule has 1 heterocycles. The highest BCUT2D eigenvalue weighted by Gasteiger charge is 2.30. The van der Waals surface area contributed by atoms with E-state index in [9.17, 15) is 4.79 Å². The first-order chi connectivity index (χ1) is 10.7. The molecule has 0 radical (unpaired) electrons. The molecule has 2 amide bonds. The van der Waals surface area contributed by atoms with Gasteiger partial charge in [0, 0.05) is 17.7 Å². The smallest absolute Gasteiger partial charge is 0.344 e. The number of hydrogen-bond donors (Lipinski definition) is 1. The molecule has 1 aliphatic heterocycles. The highest BCUT2D eigenvalue weighted by atomic mass is 35.5. The Kier molecular flexibility index (Phi) is 4.09. The fraction of sp³-hybridized carbons (Fsp3) is 0.125. The normalized spacial score (nSPS) is 17.9. The molecule has 1 N–H and O–H groups in total. The number of methoxy groups -OCH3 is 1. The van der Waals surface area contributed by atoms with E-state index in [4.69, 9.17) is 16.3 Å². The molecular formula is C16H14ClN3O2. The molecule has 1 atom stereocenters. The lowest BCUT2D eigenvalue weighted by molar-refractivity contribution is 0.129. The number of nitrogens with zero attached hydrogens (tertiary/aromatic N) is 2. The lowest BCUT2D eigenvalue weighted by atomic mass is 10.1. The van der Waals surface area contributed by atoms with E-state index in [0.717, 1.165) is 5.56 Å². The van der Waals surface area contributed by atoms with Crippen LogP contribution in [0.3, 0.4) is 0 Å². The van der Waals surface area contributed by atoms with Gasteiger partial charge in [-0.1, -0.05) is 41.9 Å². The highest BCUT2D eigenvalue weighted by Crippen LogP contribution is 2.20. The summed E-state index contributed by atoms with van der Waals surface area (Å²) in [5.41, 5.74) is 2.13. The summed E-state index contributed by atoms with van der Waals surface area (Å²) in [6.07, 6.45) is -0.603. The Bertz CT molecular complexity index is 701. The molecule has 6 heteroatoms. The molecule has 5 nitrogen and oxygen atoms in total. The summed E-state index contributed by atoms with van der Waals surface area (Å²) in [4.78, 5) is 12.2. The quantitative estimate of drug-likeness (QED) is 0.945. The van der Waals surface area contributed by atoms with Gasteiger partial charge in [-0.05, 0) is 24.3 Å². The van der Waals surface area contributed by atoms with Crippen LogP contribution in [0.25, 0.3) is 0 Å². The SMILES string of the molecule is COC1NC(=O)N(c2ccccc2)N=C1c1ccc(Cl)cc1. The van der Waals surface area contributed by atoms with Gasteiger partial charge in [-0.3, -0.25) is 0 Å². The van der Waals surface area contributed by atoms with Gasteiger partial charge in [-0.2, -0.15) is 10.1 Å². The van der Waals surface area contributed by atoms with Crippen LogP contribution in [0.5, 0.6) is 0 Å². The summed E-state index contributed by atoms with van der Waals surface area (Å²) < 4.78 is 5.32. The third-order valence-electron chi connectivity index (χ3n) is 3.28. The number of ether oxygens (including phenoxy) is 1. The second-order valence-electron chi connectivity index (χ2n) is 4.70. The van der Waals surface area contributed by atoms with Gasteiger partial charge in [-0.15, -0.1) is 0 Å². The number of carbonyl (C=O) groups is 1. The van der Waals surface area contributed by atoms with E-state index in [-0.39, 0.29) is 6.03 Å². The van der Waals surface area contributed by atoms with Gasteiger partial charge in [-0.25, -0.2) is 4.79 Å². The summed E-state index contributed by atoms with van der Waals surface area (Å²) in [6, 6.07) is 16.1. The second-order valence-corrected chi connectivity index (χ2v) is 5.14. The van der Waals surface area contributed by atoms with E-state index in [0.29, 0.717) is 16.4 Å². The van der Waals surface area contributed by atoms with E-state index >= 15 is 0 Å². The van der Waals surface area contributed by atoms with Gasteiger partial charge in [0.05, 0.1) is 5.69 Å². The van der Waals surface area contributed by atoms with Crippen LogP contribution in [-0.4, -0.2) is 25.1 Å². The highest BCUT2D eigenvalue weighted by molar-refractivity contribution is 6.30. The van der Waals surface area contributed by atoms with Crippen LogP contribution in [0.15, 0.2) is 59.7 Å². The van der Waals surface area contributed by atoms with Gasteiger partial charge < -0.3 is 10.1 Å². The summed E-state index contributed by atoms with van der Waals surface area (Å²) in [5, 5.41) is 9.19. The third kappa shape index (κ3) is 2.81. The minimum absolute atomic E-state index is 0.337. The number of carbonyl (C=O) groups excluding carboxylic acids is 1. The van der Waals surface area contributed by atoms with Crippen molar-refractivity contribution < 1.29 is 9.53 Å². The summed E-state index contributed by atoms with van der Waals surface area (Å²) in [6.45, 7) is 0. The van der Waals surface area contributed by atoms with Crippen LogP contribution in [-0.2, 0) is 4.74 Å². The Morgan fingerprint density at radius 2 is 1.82 bits per heavy atom. The molecule has 0 spiro atoms. The number of amides is 2. The Hall–Kier alpha value is -2.37. The predicted molar refractivity (Wildman–Crippen MR) is 86.2 cm³/mol. The zero-order chi connectivity index (χ0) is 15.5. The molecule has 3 rings (SSSR count). The predicted octanol–water partition coefficient (Wildman–Crippen LogP) is 3.25.